The van der Waals surface area contributed by atoms with Crippen molar-refractivity contribution in [3.05, 3.63) is 35.0 Å². The molecule has 2 atom stereocenters. The average Bonchev–Trinajstić information content (AvgIpc) is 2.89. The number of nitrogens with one attached hydrogen (secondary N) is 2. The number of carbonyl (C=O) groups excluding carboxylic acids is 1. The fourth-order valence-corrected chi connectivity index (χ4v) is 3.52. The summed E-state index contributed by atoms with van der Waals surface area (Å²) in [5.41, 5.74) is 1.92. The molecule has 1 aliphatic carbocycles. The second-order valence-corrected chi connectivity index (χ2v) is 6.52. The number of aliphatic hydroxyl groups is 1. The number of amides is 1. The van der Waals surface area contributed by atoms with Crippen LogP contribution < -0.4 is 5.32 Å². The Morgan fingerprint density at radius 1 is 1.36 bits per heavy atom. The predicted molar refractivity (Wildman–Crippen MR) is 88.0 cm³/mol. The van der Waals surface area contributed by atoms with Gasteiger partial charge in [-0.2, -0.15) is 0 Å². The highest BCUT2D eigenvalue weighted by Crippen LogP contribution is 2.25. The second kappa shape index (κ2) is 6.71. The largest absolute Gasteiger partial charge is 0.396 e. The summed E-state index contributed by atoms with van der Waals surface area (Å²) >= 11 is 5.97. The van der Waals surface area contributed by atoms with Crippen molar-refractivity contribution in [2.24, 2.45) is 5.92 Å². The van der Waals surface area contributed by atoms with Gasteiger partial charge in [-0.3, -0.25) is 4.79 Å². The molecule has 2 aromatic rings. The minimum Gasteiger partial charge on any atom is -0.396 e. The first-order valence-corrected chi connectivity index (χ1v) is 8.21. The lowest BCUT2D eigenvalue weighted by molar-refractivity contribution is -0.121. The molecule has 2 unspecified atom stereocenters. The smallest absolute Gasteiger partial charge is 0.224 e. The molecule has 4 nitrogen and oxygen atoms in total. The molecule has 3 rings (SSSR count). The van der Waals surface area contributed by atoms with Crippen LogP contribution in [0.15, 0.2) is 24.4 Å². The monoisotopic (exact) mass is 320 g/mol. The Hall–Kier alpha value is -1.52. The fraction of sp³-hybridized carbons (Fsp3) is 0.471. The second-order valence-electron chi connectivity index (χ2n) is 6.08. The van der Waals surface area contributed by atoms with Crippen LogP contribution in [-0.4, -0.2) is 28.6 Å². The molecule has 1 aliphatic rings. The first kappa shape index (κ1) is 15.4. The SMILES string of the molecule is O=C(Cc1c[nH]c2cc(Cl)ccc12)NC1CCCCC1CO. The van der Waals surface area contributed by atoms with E-state index in [1.807, 2.05) is 24.4 Å². The van der Waals surface area contributed by atoms with Gasteiger partial charge in [0.15, 0.2) is 0 Å². The molecule has 3 N–H and O–H groups in total. The highest BCUT2D eigenvalue weighted by atomic mass is 35.5. The average molecular weight is 321 g/mol. The number of hydrogen-bond donors (Lipinski definition) is 3. The van der Waals surface area contributed by atoms with Crippen LogP contribution in [-0.2, 0) is 11.2 Å². The minimum atomic E-state index is 0.0150. The molecule has 22 heavy (non-hydrogen) atoms. The van der Waals surface area contributed by atoms with E-state index in [4.69, 9.17) is 11.6 Å². The Balaban J connectivity index is 1.68. The zero-order valence-electron chi connectivity index (χ0n) is 12.4. The van der Waals surface area contributed by atoms with Crippen LogP contribution in [0.25, 0.3) is 10.9 Å². The van der Waals surface area contributed by atoms with Crippen molar-refractivity contribution < 1.29 is 9.90 Å². The van der Waals surface area contributed by atoms with Gasteiger partial charge in [0, 0.05) is 40.7 Å². The molecule has 0 aliphatic heterocycles. The highest BCUT2D eigenvalue weighted by Gasteiger charge is 2.25. The summed E-state index contributed by atoms with van der Waals surface area (Å²) in [5, 5.41) is 14.2. The first-order chi connectivity index (χ1) is 10.7. The molecule has 118 valence electrons. The predicted octanol–water partition coefficient (Wildman–Crippen LogP) is 3.03. The van der Waals surface area contributed by atoms with Crippen LogP contribution in [0.3, 0.4) is 0 Å². The maximum Gasteiger partial charge on any atom is 0.224 e. The molecule has 0 radical (unpaired) electrons. The van der Waals surface area contributed by atoms with Crippen molar-refractivity contribution >= 4 is 28.4 Å². The summed E-state index contributed by atoms with van der Waals surface area (Å²) in [6.45, 7) is 0.149. The first-order valence-electron chi connectivity index (χ1n) is 7.83. The third kappa shape index (κ3) is 3.28. The number of halogens is 1. The summed E-state index contributed by atoms with van der Waals surface area (Å²) in [6, 6.07) is 5.74. The van der Waals surface area contributed by atoms with E-state index in [2.05, 4.69) is 10.3 Å². The number of hydrogen-bond acceptors (Lipinski definition) is 2. The van der Waals surface area contributed by atoms with Crippen LogP contribution in [0.2, 0.25) is 5.02 Å². The van der Waals surface area contributed by atoms with Gasteiger partial charge in [0.1, 0.15) is 0 Å². The molecule has 5 heteroatoms. The van der Waals surface area contributed by atoms with Gasteiger partial charge in [0.2, 0.25) is 5.91 Å². The summed E-state index contributed by atoms with van der Waals surface area (Å²) in [5.74, 6) is 0.209. The zero-order valence-corrected chi connectivity index (χ0v) is 13.2. The maximum absolute atomic E-state index is 12.3. The normalized spacial score (nSPS) is 21.9. The molecule has 1 aromatic heterocycles. The van der Waals surface area contributed by atoms with Crippen molar-refractivity contribution in [3.8, 4) is 0 Å². The number of aromatic amines is 1. The number of aromatic nitrogens is 1. The summed E-state index contributed by atoms with van der Waals surface area (Å²) in [7, 11) is 0. The van der Waals surface area contributed by atoms with Gasteiger partial charge >= 0.3 is 0 Å². The molecule has 1 aromatic carbocycles. The molecule has 0 spiro atoms. The summed E-state index contributed by atoms with van der Waals surface area (Å²) in [6.07, 6.45) is 6.42. The number of rotatable bonds is 4. The number of H-pyrrole nitrogens is 1. The fourth-order valence-electron chi connectivity index (χ4n) is 3.35. The molecule has 1 saturated carbocycles. The zero-order chi connectivity index (χ0) is 15.5. The van der Waals surface area contributed by atoms with E-state index in [1.54, 1.807) is 0 Å². The van der Waals surface area contributed by atoms with Crippen LogP contribution in [0.1, 0.15) is 31.2 Å². The minimum absolute atomic E-state index is 0.0150. The van der Waals surface area contributed by atoms with Gasteiger partial charge in [0.25, 0.3) is 0 Å². The molecular weight excluding hydrogens is 300 g/mol. The lowest BCUT2D eigenvalue weighted by Crippen LogP contribution is -2.44. The van der Waals surface area contributed by atoms with E-state index in [9.17, 15) is 9.90 Å². The molecule has 1 fully saturated rings. The van der Waals surface area contributed by atoms with Gasteiger partial charge in [-0.1, -0.05) is 30.5 Å². The summed E-state index contributed by atoms with van der Waals surface area (Å²) < 4.78 is 0. The van der Waals surface area contributed by atoms with Crippen LogP contribution >= 0.6 is 11.6 Å². The van der Waals surface area contributed by atoms with Gasteiger partial charge < -0.3 is 15.4 Å². The van der Waals surface area contributed by atoms with Gasteiger partial charge in [0.05, 0.1) is 6.42 Å². The molecule has 1 heterocycles. The van der Waals surface area contributed by atoms with Gasteiger partial charge in [-0.25, -0.2) is 0 Å². The van der Waals surface area contributed by atoms with E-state index in [1.165, 1.54) is 0 Å². The van der Waals surface area contributed by atoms with Crippen molar-refractivity contribution in [3.63, 3.8) is 0 Å². The molecular formula is C17H21ClN2O2. The highest BCUT2D eigenvalue weighted by molar-refractivity contribution is 6.31. The van der Waals surface area contributed by atoms with Crippen LogP contribution in [0.5, 0.6) is 0 Å². The number of fused-ring (bicyclic) bond motifs is 1. The number of aliphatic hydroxyl groups excluding tert-OH is 1. The topological polar surface area (TPSA) is 65.1 Å². The summed E-state index contributed by atoms with van der Waals surface area (Å²) in [4.78, 5) is 15.5. The van der Waals surface area contributed by atoms with E-state index in [-0.39, 0.29) is 24.5 Å². The van der Waals surface area contributed by atoms with Crippen LogP contribution in [0, 0.1) is 5.92 Å². The van der Waals surface area contributed by atoms with Crippen LogP contribution in [0.4, 0.5) is 0 Å². The van der Waals surface area contributed by atoms with Crippen molar-refractivity contribution in [1.29, 1.82) is 0 Å². The Bertz CT molecular complexity index is 668. The quantitative estimate of drug-likeness (QED) is 0.810. The maximum atomic E-state index is 12.3. The standard InChI is InChI=1S/C17H21ClN2O2/c18-13-5-6-14-12(9-19-16(14)8-13)7-17(22)20-15-4-2-1-3-11(15)10-21/h5-6,8-9,11,15,19,21H,1-4,7,10H2,(H,20,22). The van der Waals surface area contributed by atoms with Crippen molar-refractivity contribution in [2.75, 3.05) is 6.61 Å². The Morgan fingerprint density at radius 3 is 3.00 bits per heavy atom. The number of carbonyl (C=O) groups is 1. The van der Waals surface area contributed by atoms with Gasteiger partial charge in [-0.05, 0) is 30.5 Å². The molecule has 0 saturated heterocycles. The van der Waals surface area contributed by atoms with E-state index >= 15 is 0 Å². The molecule has 1 amide bonds. The van der Waals surface area contributed by atoms with Crippen molar-refractivity contribution in [2.45, 2.75) is 38.1 Å². The third-order valence-corrected chi connectivity index (χ3v) is 4.81. The van der Waals surface area contributed by atoms with E-state index < -0.39 is 0 Å². The van der Waals surface area contributed by atoms with Gasteiger partial charge in [-0.15, -0.1) is 0 Å². The number of benzene rings is 1. The lowest BCUT2D eigenvalue weighted by atomic mass is 9.85. The lowest BCUT2D eigenvalue weighted by Gasteiger charge is -2.30. The van der Waals surface area contributed by atoms with Crippen molar-refractivity contribution in [1.82, 2.24) is 10.3 Å². The Labute approximate surface area is 134 Å². The van der Waals surface area contributed by atoms with E-state index in [0.717, 1.165) is 42.1 Å². The van der Waals surface area contributed by atoms with E-state index in [0.29, 0.717) is 11.4 Å². The Kier molecular flexibility index (Phi) is 4.69. The Morgan fingerprint density at radius 2 is 2.18 bits per heavy atom. The third-order valence-electron chi connectivity index (χ3n) is 4.57. The molecule has 0 bridgehead atoms.